The molecule has 5 heteroatoms. The number of carbonyl (C=O) groups excluding carboxylic acids is 1. The zero-order valence-electron chi connectivity index (χ0n) is 8.32. The van der Waals surface area contributed by atoms with E-state index < -0.39 is 11.6 Å². The Morgan fingerprint density at radius 1 is 1.38 bits per heavy atom. The second-order valence-electron chi connectivity index (χ2n) is 3.12. The molecule has 1 aromatic heterocycles. The monoisotopic (exact) mass is 238 g/mol. The summed E-state index contributed by atoms with van der Waals surface area (Å²) in [4.78, 5) is 22.7. The summed E-state index contributed by atoms with van der Waals surface area (Å²) in [5.41, 5.74) is -0.485. The van der Waals surface area contributed by atoms with E-state index in [1.54, 1.807) is 18.2 Å². The lowest BCUT2D eigenvalue weighted by Crippen LogP contribution is -2.14. The summed E-state index contributed by atoms with van der Waals surface area (Å²) in [5.74, 6) is -0.726. The van der Waals surface area contributed by atoms with Gasteiger partial charge in [0, 0.05) is 10.4 Å². The first-order chi connectivity index (χ1) is 7.61. The molecule has 82 valence electrons. The minimum Gasteiger partial charge on any atom is -0.465 e. The van der Waals surface area contributed by atoms with Crippen LogP contribution in [0.25, 0.3) is 11.0 Å². The molecule has 0 saturated carbocycles. The van der Waals surface area contributed by atoms with E-state index >= 15 is 0 Å². The van der Waals surface area contributed by atoms with E-state index in [2.05, 4.69) is 4.74 Å². The molecule has 0 radical (unpaired) electrons. The third-order valence-electron chi connectivity index (χ3n) is 2.10. The van der Waals surface area contributed by atoms with Gasteiger partial charge in [-0.05, 0) is 24.3 Å². The average Bonchev–Trinajstić information content (AvgIpc) is 2.28. The predicted octanol–water partition coefficient (Wildman–Crippen LogP) is 2.23. The number of hydrogen-bond donors (Lipinski definition) is 0. The van der Waals surface area contributed by atoms with E-state index in [1.165, 1.54) is 13.2 Å². The van der Waals surface area contributed by atoms with Crippen molar-refractivity contribution >= 4 is 28.5 Å². The smallest absolute Gasteiger partial charge is 0.351 e. The fourth-order valence-electron chi connectivity index (χ4n) is 1.35. The van der Waals surface area contributed by atoms with Crippen LogP contribution in [0.3, 0.4) is 0 Å². The number of ether oxygens (including phenoxy) is 1. The highest BCUT2D eigenvalue weighted by molar-refractivity contribution is 6.31. The summed E-state index contributed by atoms with van der Waals surface area (Å²) < 4.78 is 9.42. The van der Waals surface area contributed by atoms with Crippen LogP contribution in [0, 0.1) is 0 Å². The summed E-state index contributed by atoms with van der Waals surface area (Å²) >= 11 is 5.79. The molecule has 1 heterocycles. The standard InChI is InChI=1S/C11H7ClO4/c1-15-10(13)8-5-6-4-7(12)2-3-9(6)16-11(8)14/h2-5H,1H3. The van der Waals surface area contributed by atoms with Gasteiger partial charge in [-0.3, -0.25) is 0 Å². The van der Waals surface area contributed by atoms with E-state index in [1.807, 2.05) is 0 Å². The lowest BCUT2D eigenvalue weighted by atomic mass is 10.2. The Bertz CT molecular complexity index is 615. The highest BCUT2D eigenvalue weighted by Crippen LogP contribution is 2.18. The summed E-state index contributed by atoms with van der Waals surface area (Å²) in [7, 11) is 1.20. The van der Waals surface area contributed by atoms with Crippen molar-refractivity contribution in [3.8, 4) is 0 Å². The number of carbonyl (C=O) groups is 1. The highest BCUT2D eigenvalue weighted by Gasteiger charge is 2.13. The quantitative estimate of drug-likeness (QED) is 0.565. The first kappa shape index (κ1) is 10.7. The number of benzene rings is 1. The second-order valence-corrected chi connectivity index (χ2v) is 3.56. The van der Waals surface area contributed by atoms with Gasteiger partial charge in [-0.2, -0.15) is 0 Å². The van der Waals surface area contributed by atoms with Gasteiger partial charge in [0.2, 0.25) is 0 Å². The van der Waals surface area contributed by atoms with E-state index in [4.69, 9.17) is 16.0 Å². The SMILES string of the molecule is COC(=O)c1cc2cc(Cl)ccc2oc1=O. The van der Waals surface area contributed by atoms with Crippen molar-refractivity contribution < 1.29 is 13.9 Å². The van der Waals surface area contributed by atoms with Gasteiger partial charge in [0.15, 0.2) is 0 Å². The number of fused-ring (bicyclic) bond motifs is 1. The van der Waals surface area contributed by atoms with Gasteiger partial charge in [0.05, 0.1) is 7.11 Å². The maximum atomic E-state index is 11.4. The largest absolute Gasteiger partial charge is 0.465 e. The maximum Gasteiger partial charge on any atom is 0.351 e. The lowest BCUT2D eigenvalue weighted by molar-refractivity contribution is 0.0596. The molecule has 0 unspecified atom stereocenters. The third kappa shape index (κ3) is 1.79. The Morgan fingerprint density at radius 2 is 2.12 bits per heavy atom. The molecule has 0 aliphatic carbocycles. The number of methoxy groups -OCH3 is 1. The Labute approximate surface area is 95.4 Å². The van der Waals surface area contributed by atoms with Crippen LogP contribution in [-0.4, -0.2) is 13.1 Å². The van der Waals surface area contributed by atoms with Crippen molar-refractivity contribution in [1.82, 2.24) is 0 Å². The Hall–Kier alpha value is -1.81. The molecule has 16 heavy (non-hydrogen) atoms. The second kappa shape index (κ2) is 3.98. The Morgan fingerprint density at radius 3 is 2.81 bits per heavy atom. The van der Waals surface area contributed by atoms with Crippen LogP contribution in [-0.2, 0) is 4.74 Å². The molecule has 0 atom stereocenters. The lowest BCUT2D eigenvalue weighted by Gasteiger charge is -2.00. The minimum absolute atomic E-state index is 0.141. The molecule has 2 rings (SSSR count). The molecular formula is C11H7ClO4. The van der Waals surface area contributed by atoms with Crippen molar-refractivity contribution in [1.29, 1.82) is 0 Å². The molecule has 0 saturated heterocycles. The van der Waals surface area contributed by atoms with Crippen molar-refractivity contribution in [2.45, 2.75) is 0 Å². The van der Waals surface area contributed by atoms with Crippen LogP contribution in [0.5, 0.6) is 0 Å². The summed E-state index contributed by atoms with van der Waals surface area (Å²) in [6.07, 6.45) is 0. The Kier molecular flexibility index (Phi) is 2.66. The molecule has 1 aromatic carbocycles. The fraction of sp³-hybridized carbons (Fsp3) is 0.0909. The fourth-order valence-corrected chi connectivity index (χ4v) is 1.53. The van der Waals surface area contributed by atoms with Gasteiger partial charge in [-0.25, -0.2) is 9.59 Å². The van der Waals surface area contributed by atoms with Crippen LogP contribution in [0.4, 0.5) is 0 Å². The molecule has 4 nitrogen and oxygen atoms in total. The molecule has 0 bridgehead atoms. The first-order valence-electron chi connectivity index (χ1n) is 4.43. The molecule has 0 N–H and O–H groups in total. The third-order valence-corrected chi connectivity index (χ3v) is 2.33. The first-order valence-corrected chi connectivity index (χ1v) is 4.81. The van der Waals surface area contributed by atoms with Crippen molar-refractivity contribution in [2.75, 3.05) is 7.11 Å². The summed E-state index contributed by atoms with van der Waals surface area (Å²) in [5, 5.41) is 1.07. The zero-order chi connectivity index (χ0) is 11.7. The van der Waals surface area contributed by atoms with E-state index in [0.717, 1.165) is 0 Å². The molecular weight excluding hydrogens is 232 g/mol. The molecule has 0 amide bonds. The van der Waals surface area contributed by atoms with E-state index in [0.29, 0.717) is 16.0 Å². The van der Waals surface area contributed by atoms with Gasteiger partial charge >= 0.3 is 11.6 Å². The molecule has 0 aliphatic rings. The maximum absolute atomic E-state index is 11.4. The Balaban J connectivity index is 2.74. The highest BCUT2D eigenvalue weighted by atomic mass is 35.5. The van der Waals surface area contributed by atoms with Crippen molar-refractivity contribution in [2.24, 2.45) is 0 Å². The zero-order valence-corrected chi connectivity index (χ0v) is 9.08. The van der Waals surface area contributed by atoms with Gasteiger partial charge in [-0.1, -0.05) is 11.6 Å². The van der Waals surface area contributed by atoms with Gasteiger partial charge in [-0.15, -0.1) is 0 Å². The predicted molar refractivity (Wildman–Crippen MR) is 58.8 cm³/mol. The van der Waals surface area contributed by atoms with E-state index in [-0.39, 0.29) is 5.56 Å². The van der Waals surface area contributed by atoms with E-state index in [9.17, 15) is 9.59 Å². The number of esters is 1. The normalized spacial score (nSPS) is 10.4. The van der Waals surface area contributed by atoms with Crippen molar-refractivity contribution in [3.63, 3.8) is 0 Å². The van der Waals surface area contributed by atoms with Crippen LogP contribution >= 0.6 is 11.6 Å². The molecule has 0 fully saturated rings. The van der Waals surface area contributed by atoms with Crippen LogP contribution in [0.1, 0.15) is 10.4 Å². The van der Waals surface area contributed by atoms with Gasteiger partial charge < -0.3 is 9.15 Å². The summed E-state index contributed by atoms with van der Waals surface area (Å²) in [6, 6.07) is 6.18. The molecule has 0 aliphatic heterocycles. The van der Waals surface area contributed by atoms with Gasteiger partial charge in [0.1, 0.15) is 11.1 Å². The summed E-state index contributed by atoms with van der Waals surface area (Å²) in [6.45, 7) is 0. The van der Waals surface area contributed by atoms with Crippen LogP contribution in [0.15, 0.2) is 33.5 Å². The number of halogens is 1. The van der Waals surface area contributed by atoms with Crippen LogP contribution in [0.2, 0.25) is 5.02 Å². The number of hydrogen-bond acceptors (Lipinski definition) is 4. The molecule has 2 aromatic rings. The molecule has 0 spiro atoms. The van der Waals surface area contributed by atoms with Gasteiger partial charge in [0.25, 0.3) is 0 Å². The minimum atomic E-state index is -0.726. The van der Waals surface area contributed by atoms with Crippen molar-refractivity contribution in [3.05, 3.63) is 45.3 Å². The van der Waals surface area contributed by atoms with Crippen LogP contribution < -0.4 is 5.63 Å². The average molecular weight is 239 g/mol. The number of rotatable bonds is 1. The topological polar surface area (TPSA) is 56.5 Å².